The van der Waals surface area contributed by atoms with Gasteiger partial charge in [0.05, 0.1) is 16.4 Å². The van der Waals surface area contributed by atoms with Gasteiger partial charge in [0, 0.05) is 16.8 Å². The largest absolute Gasteiger partial charge is 0.399 e. The van der Waals surface area contributed by atoms with E-state index in [0.717, 1.165) is 28.1 Å². The summed E-state index contributed by atoms with van der Waals surface area (Å²) in [5, 5.41) is 13.1. The smallest absolute Gasteiger partial charge is 0.194 e. The first-order chi connectivity index (χ1) is 12.0. The van der Waals surface area contributed by atoms with Crippen LogP contribution in [-0.4, -0.2) is 0 Å². The molecule has 0 unspecified atom stereocenters. The first kappa shape index (κ1) is 15.1. The molecule has 3 aliphatic rings. The van der Waals surface area contributed by atoms with E-state index in [-0.39, 0.29) is 5.43 Å². The lowest BCUT2D eigenvalue weighted by atomic mass is 10.0. The lowest BCUT2D eigenvalue weighted by Crippen LogP contribution is -2.08. The van der Waals surface area contributed by atoms with Crippen molar-refractivity contribution in [2.75, 3.05) is 11.2 Å². The van der Waals surface area contributed by atoms with Gasteiger partial charge in [0.15, 0.2) is 5.43 Å². The van der Waals surface area contributed by atoms with Crippen molar-refractivity contribution in [1.29, 1.82) is 5.41 Å². The summed E-state index contributed by atoms with van der Waals surface area (Å²) in [5.41, 5.74) is 14.3. The highest BCUT2D eigenvalue weighted by atomic mass is 16.1. The van der Waals surface area contributed by atoms with Crippen LogP contribution in [0.4, 0.5) is 11.4 Å². The van der Waals surface area contributed by atoms with Gasteiger partial charge in [-0.05, 0) is 66.1 Å². The number of nitrogen functional groups attached to an aromatic ring is 1. The molecule has 122 valence electrons. The SMILES string of the molecule is Cc1cc(N/N=c2\ccc3c4ccc(=N)cc-4c(=O)c-3c2)ccc1N. The Morgan fingerprint density at radius 2 is 1.64 bits per heavy atom. The maximum Gasteiger partial charge on any atom is 0.194 e. The van der Waals surface area contributed by atoms with Crippen LogP contribution < -0.4 is 27.3 Å². The summed E-state index contributed by atoms with van der Waals surface area (Å²) in [6.07, 6.45) is 0. The van der Waals surface area contributed by atoms with Gasteiger partial charge in [0.1, 0.15) is 0 Å². The summed E-state index contributed by atoms with van der Waals surface area (Å²) in [7, 11) is 0. The van der Waals surface area contributed by atoms with E-state index >= 15 is 0 Å². The van der Waals surface area contributed by atoms with Gasteiger partial charge in [0.25, 0.3) is 0 Å². The minimum absolute atomic E-state index is 0.0560. The topological polar surface area (TPSA) is 91.3 Å². The van der Waals surface area contributed by atoms with Crippen molar-refractivity contribution in [3.8, 4) is 22.3 Å². The summed E-state index contributed by atoms with van der Waals surface area (Å²) >= 11 is 0. The van der Waals surface area contributed by atoms with Crippen LogP contribution >= 0.6 is 0 Å². The molecule has 5 heteroatoms. The van der Waals surface area contributed by atoms with E-state index in [1.54, 1.807) is 18.2 Å². The zero-order valence-corrected chi connectivity index (χ0v) is 13.6. The maximum absolute atomic E-state index is 12.6. The molecule has 1 aromatic carbocycles. The van der Waals surface area contributed by atoms with Crippen molar-refractivity contribution >= 4 is 11.4 Å². The molecular weight excluding hydrogens is 312 g/mol. The van der Waals surface area contributed by atoms with Crippen LogP contribution in [-0.2, 0) is 0 Å². The molecule has 0 atom stereocenters. The Labute approximate surface area is 144 Å². The van der Waals surface area contributed by atoms with Crippen LogP contribution in [0.2, 0.25) is 0 Å². The standard InChI is InChI=1S/C20H16N4O/c1-11-8-13(4-7-19(11)22)23-24-14-3-6-16-15-5-2-12(21)9-17(15)20(25)18(16)10-14/h2-10,21,23H,22H2,1H3/b21-12?,24-14+. The molecule has 3 aliphatic carbocycles. The molecule has 0 aromatic heterocycles. The third-order valence-corrected chi connectivity index (χ3v) is 4.39. The number of benzene rings is 3. The van der Waals surface area contributed by atoms with Gasteiger partial charge in [-0.3, -0.25) is 10.2 Å². The highest BCUT2D eigenvalue weighted by molar-refractivity contribution is 5.90. The zero-order valence-electron chi connectivity index (χ0n) is 13.6. The van der Waals surface area contributed by atoms with E-state index < -0.39 is 0 Å². The molecule has 0 spiro atoms. The van der Waals surface area contributed by atoms with Gasteiger partial charge >= 0.3 is 0 Å². The Morgan fingerprint density at radius 1 is 0.920 bits per heavy atom. The summed E-state index contributed by atoms with van der Waals surface area (Å²) in [5.74, 6) is 0. The fourth-order valence-corrected chi connectivity index (χ4v) is 3.01. The van der Waals surface area contributed by atoms with Crippen LogP contribution in [0.15, 0.2) is 64.5 Å². The van der Waals surface area contributed by atoms with E-state index in [0.29, 0.717) is 21.8 Å². The normalized spacial score (nSPS) is 12.1. The molecule has 5 nitrogen and oxygen atoms in total. The second-order valence-electron chi connectivity index (χ2n) is 6.11. The fraction of sp³-hybridized carbons (Fsp3) is 0.0500. The average Bonchev–Trinajstić information content (AvgIpc) is 2.88. The van der Waals surface area contributed by atoms with E-state index in [9.17, 15) is 4.79 Å². The van der Waals surface area contributed by atoms with E-state index in [1.165, 1.54) is 0 Å². The first-order valence-electron chi connectivity index (χ1n) is 7.90. The van der Waals surface area contributed by atoms with Crippen molar-refractivity contribution in [3.05, 3.63) is 81.1 Å². The maximum atomic E-state index is 12.6. The van der Waals surface area contributed by atoms with E-state index in [4.69, 9.17) is 11.1 Å². The van der Waals surface area contributed by atoms with Gasteiger partial charge in [-0.15, -0.1) is 0 Å². The Balaban J connectivity index is 1.80. The number of nitrogens with zero attached hydrogens (tertiary/aromatic N) is 1. The van der Waals surface area contributed by atoms with Gasteiger partial charge in [-0.25, -0.2) is 0 Å². The van der Waals surface area contributed by atoms with Crippen molar-refractivity contribution < 1.29 is 0 Å². The molecule has 0 aliphatic heterocycles. The van der Waals surface area contributed by atoms with Gasteiger partial charge < -0.3 is 11.1 Å². The zero-order chi connectivity index (χ0) is 17.6. The average molecular weight is 328 g/mol. The predicted molar refractivity (Wildman–Crippen MR) is 99.0 cm³/mol. The highest BCUT2D eigenvalue weighted by Gasteiger charge is 2.20. The summed E-state index contributed by atoms with van der Waals surface area (Å²) < 4.78 is 0. The number of rotatable bonds is 2. The van der Waals surface area contributed by atoms with Crippen molar-refractivity contribution in [1.82, 2.24) is 0 Å². The number of fused-ring (bicyclic) bond motifs is 3. The second-order valence-corrected chi connectivity index (χ2v) is 6.11. The quantitative estimate of drug-likeness (QED) is 0.390. The van der Waals surface area contributed by atoms with Crippen molar-refractivity contribution in [3.63, 3.8) is 0 Å². The first-order valence-corrected chi connectivity index (χ1v) is 7.90. The Morgan fingerprint density at radius 3 is 2.40 bits per heavy atom. The fourth-order valence-electron chi connectivity index (χ4n) is 3.01. The van der Waals surface area contributed by atoms with Crippen LogP contribution in [0.3, 0.4) is 0 Å². The molecule has 0 saturated heterocycles. The third kappa shape index (κ3) is 2.55. The number of nitrogens with one attached hydrogen (secondary N) is 2. The van der Waals surface area contributed by atoms with Crippen LogP contribution in [0.5, 0.6) is 0 Å². The summed E-state index contributed by atoms with van der Waals surface area (Å²) in [6.45, 7) is 1.94. The third-order valence-electron chi connectivity index (χ3n) is 4.39. The molecule has 0 amide bonds. The van der Waals surface area contributed by atoms with Crippen LogP contribution in [0.25, 0.3) is 22.3 Å². The number of aryl methyl sites for hydroxylation is 1. The molecule has 0 bridgehead atoms. The highest BCUT2D eigenvalue weighted by Crippen LogP contribution is 2.32. The van der Waals surface area contributed by atoms with Gasteiger partial charge in [-0.1, -0.05) is 12.1 Å². The monoisotopic (exact) mass is 328 g/mol. The lowest BCUT2D eigenvalue weighted by molar-refractivity contribution is 1.21. The molecule has 0 saturated carbocycles. The molecule has 0 radical (unpaired) electrons. The van der Waals surface area contributed by atoms with Crippen molar-refractivity contribution in [2.24, 2.45) is 5.10 Å². The molecule has 4 rings (SSSR count). The molecule has 0 fully saturated rings. The molecule has 1 aromatic rings. The minimum atomic E-state index is -0.0560. The minimum Gasteiger partial charge on any atom is -0.399 e. The van der Waals surface area contributed by atoms with E-state index in [1.807, 2.05) is 43.3 Å². The molecular formula is C20H16N4O. The number of anilines is 2. The van der Waals surface area contributed by atoms with Crippen molar-refractivity contribution in [2.45, 2.75) is 6.92 Å². The lowest BCUT2D eigenvalue weighted by Gasteiger charge is -2.04. The van der Waals surface area contributed by atoms with Gasteiger partial charge in [-0.2, -0.15) is 5.10 Å². The summed E-state index contributed by atoms with van der Waals surface area (Å²) in [6, 6.07) is 16.3. The Bertz CT molecular complexity index is 1190. The molecule has 4 N–H and O–H groups in total. The van der Waals surface area contributed by atoms with Crippen LogP contribution in [0, 0.1) is 12.3 Å². The second kappa shape index (κ2) is 5.56. The Kier molecular flexibility index (Phi) is 3.35. The number of nitrogens with two attached hydrogens (primary N) is 1. The Hall–Kier alpha value is -3.47. The number of hydrogen-bond acceptors (Lipinski definition) is 5. The number of hydrogen-bond donors (Lipinski definition) is 3. The summed E-state index contributed by atoms with van der Waals surface area (Å²) in [4.78, 5) is 12.6. The molecule has 25 heavy (non-hydrogen) atoms. The van der Waals surface area contributed by atoms with Gasteiger partial charge in [0.2, 0.25) is 0 Å². The predicted octanol–water partition coefficient (Wildman–Crippen LogP) is 2.43. The van der Waals surface area contributed by atoms with Crippen LogP contribution in [0.1, 0.15) is 5.56 Å². The molecule has 0 heterocycles. The van der Waals surface area contributed by atoms with E-state index in [2.05, 4.69) is 10.5 Å².